The van der Waals surface area contributed by atoms with Gasteiger partial charge in [-0.25, -0.2) is 8.78 Å². The Labute approximate surface area is 137 Å². The van der Waals surface area contributed by atoms with Crippen molar-refractivity contribution in [3.63, 3.8) is 0 Å². The van der Waals surface area contributed by atoms with E-state index in [1.165, 1.54) is 47.6 Å². The monoisotopic (exact) mass is 353 g/mol. The van der Waals surface area contributed by atoms with Crippen molar-refractivity contribution in [3.05, 3.63) is 59.6 Å². The largest absolute Gasteiger partial charge is 0.459 e. The zero-order valence-corrected chi connectivity index (χ0v) is 13.1. The lowest BCUT2D eigenvalue weighted by atomic mass is 10.2. The number of thioether (sulfide) groups is 1. The number of aromatic nitrogens is 2. The Hall–Kier alpha value is -2.26. The van der Waals surface area contributed by atoms with Gasteiger partial charge in [-0.05, 0) is 29.8 Å². The fourth-order valence-corrected chi connectivity index (χ4v) is 3.40. The normalized spacial score (nSPS) is 10.7. The average Bonchev–Trinajstić information content (AvgIpc) is 3.15. The predicted octanol–water partition coefficient (Wildman–Crippen LogP) is 3.95. The maximum Gasteiger partial charge on any atom is 0.293 e. The first kappa shape index (κ1) is 15.6. The van der Waals surface area contributed by atoms with Crippen LogP contribution in [0.1, 0.15) is 16.1 Å². The maximum atomic E-state index is 13.1. The highest BCUT2D eigenvalue weighted by atomic mass is 32.2. The topological polar surface area (TPSA) is 68.0 Å². The van der Waals surface area contributed by atoms with Crippen molar-refractivity contribution >= 4 is 34.1 Å². The third kappa shape index (κ3) is 4.14. The standard InChI is InChI=1S/C14H9F2N3O2S2/c15-9-4-8(5-10(16)6-9)7-22-14-19-18-13(23-14)17-12(20)11-2-1-3-21-11/h1-6H,7H2,(H,17,18,20). The number of hydrogen-bond donors (Lipinski definition) is 1. The first-order chi connectivity index (χ1) is 11.1. The number of carbonyl (C=O) groups is 1. The van der Waals surface area contributed by atoms with Crippen LogP contribution in [0.5, 0.6) is 0 Å². The quantitative estimate of drug-likeness (QED) is 0.556. The van der Waals surface area contributed by atoms with E-state index in [1.54, 1.807) is 6.07 Å². The number of carbonyl (C=O) groups excluding carboxylic acids is 1. The lowest BCUT2D eigenvalue weighted by molar-refractivity contribution is 0.0996. The van der Waals surface area contributed by atoms with E-state index in [0.717, 1.165) is 6.07 Å². The molecule has 118 valence electrons. The maximum absolute atomic E-state index is 13.1. The molecule has 3 rings (SSSR count). The minimum atomic E-state index is -0.621. The van der Waals surface area contributed by atoms with Crippen LogP contribution in [-0.2, 0) is 5.75 Å². The van der Waals surface area contributed by atoms with Crippen LogP contribution >= 0.6 is 23.1 Å². The van der Waals surface area contributed by atoms with Crippen LogP contribution < -0.4 is 5.32 Å². The minimum absolute atomic E-state index is 0.171. The van der Waals surface area contributed by atoms with E-state index in [0.29, 0.717) is 20.8 Å². The molecule has 1 N–H and O–H groups in total. The fourth-order valence-electron chi connectivity index (χ4n) is 1.72. The second kappa shape index (κ2) is 6.88. The van der Waals surface area contributed by atoms with Gasteiger partial charge in [0.25, 0.3) is 5.91 Å². The third-order valence-electron chi connectivity index (χ3n) is 2.66. The molecule has 0 radical (unpaired) electrons. The summed E-state index contributed by atoms with van der Waals surface area (Å²) >= 11 is 2.44. The van der Waals surface area contributed by atoms with Gasteiger partial charge in [0.2, 0.25) is 5.13 Å². The van der Waals surface area contributed by atoms with Crippen LogP contribution in [0.2, 0.25) is 0 Å². The van der Waals surface area contributed by atoms with Crippen molar-refractivity contribution in [3.8, 4) is 0 Å². The molecule has 1 amide bonds. The number of halogens is 2. The van der Waals surface area contributed by atoms with E-state index >= 15 is 0 Å². The summed E-state index contributed by atoms with van der Waals surface area (Å²) in [6.07, 6.45) is 1.40. The molecule has 0 aliphatic heterocycles. The molecule has 5 nitrogen and oxygen atoms in total. The van der Waals surface area contributed by atoms with Crippen molar-refractivity contribution in [1.82, 2.24) is 10.2 Å². The predicted molar refractivity (Wildman–Crippen MR) is 82.5 cm³/mol. The van der Waals surface area contributed by atoms with Gasteiger partial charge in [0.15, 0.2) is 10.1 Å². The van der Waals surface area contributed by atoms with E-state index in [2.05, 4.69) is 15.5 Å². The highest BCUT2D eigenvalue weighted by Gasteiger charge is 2.12. The molecule has 9 heteroatoms. The van der Waals surface area contributed by atoms with E-state index < -0.39 is 17.5 Å². The Morgan fingerprint density at radius 1 is 1.26 bits per heavy atom. The van der Waals surface area contributed by atoms with Crippen molar-refractivity contribution in [2.45, 2.75) is 10.1 Å². The van der Waals surface area contributed by atoms with Gasteiger partial charge in [-0.1, -0.05) is 23.1 Å². The molecule has 0 aliphatic rings. The first-order valence-corrected chi connectivity index (χ1v) is 8.16. The highest BCUT2D eigenvalue weighted by Crippen LogP contribution is 2.29. The Morgan fingerprint density at radius 3 is 2.74 bits per heavy atom. The average molecular weight is 353 g/mol. The molecule has 0 aliphatic carbocycles. The second-order valence-electron chi connectivity index (χ2n) is 4.37. The SMILES string of the molecule is O=C(Nc1nnc(SCc2cc(F)cc(F)c2)s1)c1ccco1. The van der Waals surface area contributed by atoms with Crippen molar-refractivity contribution in [1.29, 1.82) is 0 Å². The molecule has 0 fully saturated rings. The molecule has 0 unspecified atom stereocenters. The minimum Gasteiger partial charge on any atom is -0.459 e. The Bertz CT molecular complexity index is 801. The molecule has 2 aromatic heterocycles. The number of nitrogens with zero attached hydrogens (tertiary/aromatic N) is 2. The van der Waals surface area contributed by atoms with Crippen LogP contribution in [0.25, 0.3) is 0 Å². The van der Waals surface area contributed by atoms with Crippen molar-refractivity contribution < 1.29 is 18.0 Å². The van der Waals surface area contributed by atoms with Crippen LogP contribution in [0.15, 0.2) is 45.4 Å². The summed E-state index contributed by atoms with van der Waals surface area (Å²) < 4.78 is 31.8. The van der Waals surface area contributed by atoms with Crippen LogP contribution in [0, 0.1) is 11.6 Å². The Morgan fingerprint density at radius 2 is 2.04 bits per heavy atom. The first-order valence-electron chi connectivity index (χ1n) is 6.36. The van der Waals surface area contributed by atoms with Crippen molar-refractivity contribution in [2.75, 3.05) is 5.32 Å². The summed E-state index contributed by atoms with van der Waals surface area (Å²) in [6.45, 7) is 0. The molecule has 0 saturated heterocycles. The smallest absolute Gasteiger partial charge is 0.293 e. The van der Waals surface area contributed by atoms with E-state index in [-0.39, 0.29) is 5.76 Å². The van der Waals surface area contributed by atoms with E-state index in [4.69, 9.17) is 4.42 Å². The summed E-state index contributed by atoms with van der Waals surface area (Å²) in [4.78, 5) is 11.8. The molecule has 0 atom stereocenters. The summed E-state index contributed by atoms with van der Waals surface area (Å²) in [7, 11) is 0. The molecular formula is C14H9F2N3O2S2. The lowest BCUT2D eigenvalue weighted by Crippen LogP contribution is -2.10. The van der Waals surface area contributed by atoms with Crippen LogP contribution in [-0.4, -0.2) is 16.1 Å². The molecule has 0 bridgehead atoms. The van der Waals surface area contributed by atoms with Gasteiger partial charge >= 0.3 is 0 Å². The molecule has 3 aromatic rings. The summed E-state index contributed by atoms with van der Waals surface area (Å²) in [5.41, 5.74) is 0.504. The summed E-state index contributed by atoms with van der Waals surface area (Å²) in [6, 6.07) is 6.48. The third-order valence-corrected chi connectivity index (χ3v) is 4.70. The zero-order valence-electron chi connectivity index (χ0n) is 11.5. The second-order valence-corrected chi connectivity index (χ2v) is 6.57. The molecule has 1 aromatic carbocycles. The Kier molecular flexibility index (Phi) is 4.68. The lowest BCUT2D eigenvalue weighted by Gasteiger charge is -1.99. The molecule has 2 heterocycles. The molecule has 23 heavy (non-hydrogen) atoms. The van der Waals surface area contributed by atoms with Gasteiger partial charge in [-0.3, -0.25) is 10.1 Å². The van der Waals surface area contributed by atoms with Gasteiger partial charge < -0.3 is 4.42 Å². The van der Waals surface area contributed by atoms with Crippen molar-refractivity contribution in [2.24, 2.45) is 0 Å². The highest BCUT2D eigenvalue weighted by molar-refractivity contribution is 8.00. The van der Waals surface area contributed by atoms with Crippen LogP contribution in [0.3, 0.4) is 0 Å². The number of benzene rings is 1. The fraction of sp³-hybridized carbons (Fsp3) is 0.0714. The van der Waals surface area contributed by atoms with Gasteiger partial charge in [-0.15, -0.1) is 10.2 Å². The number of rotatable bonds is 5. The number of anilines is 1. The van der Waals surface area contributed by atoms with Gasteiger partial charge in [-0.2, -0.15) is 0 Å². The van der Waals surface area contributed by atoms with Gasteiger partial charge in [0, 0.05) is 11.8 Å². The Balaban J connectivity index is 1.60. The molecule has 0 saturated carbocycles. The zero-order chi connectivity index (χ0) is 16.2. The van der Waals surface area contributed by atoms with E-state index in [9.17, 15) is 13.6 Å². The number of furan rings is 1. The van der Waals surface area contributed by atoms with E-state index in [1.807, 2.05) is 0 Å². The van der Waals surface area contributed by atoms with Gasteiger partial charge in [0.05, 0.1) is 6.26 Å². The van der Waals surface area contributed by atoms with Crippen LogP contribution in [0.4, 0.5) is 13.9 Å². The number of hydrogen-bond acceptors (Lipinski definition) is 6. The molecular weight excluding hydrogens is 344 g/mol. The summed E-state index contributed by atoms with van der Waals surface area (Å²) in [5.74, 6) is -1.15. The summed E-state index contributed by atoms with van der Waals surface area (Å²) in [5, 5.41) is 10.6. The number of amides is 1. The van der Waals surface area contributed by atoms with Gasteiger partial charge in [0.1, 0.15) is 11.6 Å². The molecule has 0 spiro atoms. The number of nitrogens with one attached hydrogen (secondary N) is 1.